The van der Waals surface area contributed by atoms with Gasteiger partial charge in [-0.15, -0.1) is 0 Å². The summed E-state index contributed by atoms with van der Waals surface area (Å²) in [5.41, 5.74) is 0.984. The van der Waals surface area contributed by atoms with E-state index in [0.717, 1.165) is 24.6 Å². The van der Waals surface area contributed by atoms with Crippen LogP contribution in [-0.2, 0) is 0 Å². The van der Waals surface area contributed by atoms with Crippen molar-refractivity contribution in [1.29, 1.82) is 0 Å². The largest absolute Gasteiger partial charge is 0.396 e. The van der Waals surface area contributed by atoms with Crippen molar-refractivity contribution in [2.45, 2.75) is 6.92 Å². The fraction of sp³-hybridized carbons (Fsp3) is 0.556. The van der Waals surface area contributed by atoms with E-state index in [0.29, 0.717) is 5.92 Å². The molecule has 1 aromatic heterocycles. The molecule has 13 heavy (non-hydrogen) atoms. The normalized spacial score (nSPS) is 17.2. The smallest absolute Gasteiger partial charge is 0.132 e. The zero-order valence-electron chi connectivity index (χ0n) is 7.64. The number of nitrogens with zero attached hydrogens (tertiary/aromatic N) is 3. The summed E-state index contributed by atoms with van der Waals surface area (Å²) in [6.07, 6.45) is 1.58. The Morgan fingerprint density at radius 2 is 2.31 bits per heavy atom. The molecule has 0 aliphatic carbocycles. The maximum Gasteiger partial charge on any atom is 0.132 e. The van der Waals surface area contributed by atoms with Gasteiger partial charge in [0, 0.05) is 37.4 Å². The van der Waals surface area contributed by atoms with Crippen molar-refractivity contribution in [3.8, 4) is 0 Å². The molecule has 1 saturated heterocycles. The second kappa shape index (κ2) is 3.30. The molecular weight excluding hydrogens is 166 g/mol. The summed E-state index contributed by atoms with van der Waals surface area (Å²) in [4.78, 5) is 10.3. The van der Waals surface area contributed by atoms with Crippen LogP contribution >= 0.6 is 0 Å². The lowest BCUT2D eigenvalue weighted by Gasteiger charge is -2.39. The van der Waals surface area contributed by atoms with Gasteiger partial charge in [-0.1, -0.05) is 0 Å². The first-order valence-corrected chi connectivity index (χ1v) is 4.44. The maximum atomic E-state index is 8.85. The van der Waals surface area contributed by atoms with Crippen LogP contribution in [0.3, 0.4) is 0 Å². The second-order valence-corrected chi connectivity index (χ2v) is 3.47. The number of aliphatic hydroxyl groups excluding tert-OH is 1. The summed E-state index contributed by atoms with van der Waals surface area (Å²) in [5, 5.41) is 8.85. The van der Waals surface area contributed by atoms with Crippen molar-refractivity contribution in [2.24, 2.45) is 5.92 Å². The van der Waals surface area contributed by atoms with Crippen LogP contribution in [0.4, 0.5) is 5.82 Å². The fourth-order valence-corrected chi connectivity index (χ4v) is 1.49. The van der Waals surface area contributed by atoms with E-state index in [2.05, 4.69) is 14.9 Å². The van der Waals surface area contributed by atoms with Crippen molar-refractivity contribution >= 4 is 5.82 Å². The molecule has 2 heterocycles. The van der Waals surface area contributed by atoms with E-state index in [1.807, 2.05) is 13.0 Å². The first kappa shape index (κ1) is 8.44. The van der Waals surface area contributed by atoms with Crippen LogP contribution in [0.5, 0.6) is 0 Å². The zero-order valence-corrected chi connectivity index (χ0v) is 7.64. The Bertz CT molecular complexity index is 297. The number of hydrogen-bond acceptors (Lipinski definition) is 4. The molecule has 0 amide bonds. The minimum Gasteiger partial charge on any atom is -0.396 e. The Balaban J connectivity index is 2.03. The highest BCUT2D eigenvalue weighted by Crippen LogP contribution is 2.21. The minimum atomic E-state index is 0.278. The van der Waals surface area contributed by atoms with E-state index in [1.54, 1.807) is 6.33 Å². The lowest BCUT2D eigenvalue weighted by atomic mass is 10.0. The third-order valence-corrected chi connectivity index (χ3v) is 2.33. The van der Waals surface area contributed by atoms with Crippen LogP contribution < -0.4 is 4.90 Å². The summed E-state index contributed by atoms with van der Waals surface area (Å²) in [6, 6.07) is 1.97. The van der Waals surface area contributed by atoms with E-state index in [1.165, 1.54) is 0 Å². The molecule has 4 nitrogen and oxygen atoms in total. The molecule has 2 rings (SSSR count). The predicted octanol–water partition coefficient (Wildman–Crippen LogP) is 0.214. The SMILES string of the molecule is Cc1cc(N2CC(CO)C2)ncn1. The Morgan fingerprint density at radius 3 is 2.92 bits per heavy atom. The molecule has 0 saturated carbocycles. The topological polar surface area (TPSA) is 49.2 Å². The average molecular weight is 179 g/mol. The summed E-state index contributed by atoms with van der Waals surface area (Å²) >= 11 is 0. The summed E-state index contributed by atoms with van der Waals surface area (Å²) in [6.45, 7) is 4.05. The molecule has 0 spiro atoms. The molecule has 0 unspecified atom stereocenters. The highest BCUT2D eigenvalue weighted by atomic mass is 16.3. The zero-order chi connectivity index (χ0) is 9.26. The van der Waals surface area contributed by atoms with Crippen molar-refractivity contribution in [3.63, 3.8) is 0 Å². The summed E-state index contributed by atoms with van der Waals surface area (Å²) < 4.78 is 0. The predicted molar refractivity (Wildman–Crippen MR) is 49.6 cm³/mol. The van der Waals surface area contributed by atoms with Crippen LogP contribution in [0, 0.1) is 12.8 Å². The van der Waals surface area contributed by atoms with Gasteiger partial charge in [-0.25, -0.2) is 9.97 Å². The first-order valence-electron chi connectivity index (χ1n) is 4.44. The van der Waals surface area contributed by atoms with Gasteiger partial charge in [0.25, 0.3) is 0 Å². The molecule has 1 fully saturated rings. The molecule has 0 radical (unpaired) electrons. The molecule has 1 aliphatic rings. The number of aryl methyl sites for hydroxylation is 1. The van der Waals surface area contributed by atoms with Gasteiger partial charge in [0.05, 0.1) is 0 Å². The maximum absolute atomic E-state index is 8.85. The Hall–Kier alpha value is -1.16. The van der Waals surface area contributed by atoms with E-state index in [4.69, 9.17) is 5.11 Å². The summed E-state index contributed by atoms with van der Waals surface area (Å²) in [7, 11) is 0. The number of aromatic nitrogens is 2. The van der Waals surface area contributed by atoms with Gasteiger partial charge >= 0.3 is 0 Å². The van der Waals surface area contributed by atoms with E-state index in [-0.39, 0.29) is 6.61 Å². The van der Waals surface area contributed by atoms with Crippen LogP contribution in [0.2, 0.25) is 0 Å². The number of aliphatic hydroxyl groups is 1. The fourth-order valence-electron chi connectivity index (χ4n) is 1.49. The molecule has 70 valence electrons. The first-order chi connectivity index (χ1) is 6.29. The van der Waals surface area contributed by atoms with Crippen molar-refractivity contribution in [1.82, 2.24) is 9.97 Å². The van der Waals surface area contributed by atoms with Crippen LogP contribution in [-0.4, -0.2) is 34.8 Å². The van der Waals surface area contributed by atoms with E-state index >= 15 is 0 Å². The Kier molecular flexibility index (Phi) is 2.14. The third kappa shape index (κ3) is 1.62. The van der Waals surface area contributed by atoms with Gasteiger partial charge in [-0.3, -0.25) is 0 Å². The third-order valence-electron chi connectivity index (χ3n) is 2.33. The van der Waals surface area contributed by atoms with Gasteiger partial charge in [-0.05, 0) is 6.92 Å². The Labute approximate surface area is 77.2 Å². The highest BCUT2D eigenvalue weighted by Gasteiger charge is 2.26. The number of rotatable bonds is 2. The molecule has 0 aromatic carbocycles. The monoisotopic (exact) mass is 179 g/mol. The lowest BCUT2D eigenvalue weighted by molar-refractivity contribution is 0.200. The molecule has 1 aliphatic heterocycles. The van der Waals surface area contributed by atoms with E-state index in [9.17, 15) is 0 Å². The van der Waals surface area contributed by atoms with Gasteiger partial charge in [0.2, 0.25) is 0 Å². The number of hydrogen-bond donors (Lipinski definition) is 1. The van der Waals surface area contributed by atoms with Gasteiger partial charge < -0.3 is 10.0 Å². The minimum absolute atomic E-state index is 0.278. The lowest BCUT2D eigenvalue weighted by Crippen LogP contribution is -2.48. The summed E-state index contributed by atoms with van der Waals surface area (Å²) in [5.74, 6) is 1.40. The quantitative estimate of drug-likeness (QED) is 0.705. The van der Waals surface area contributed by atoms with Crippen LogP contribution in [0.15, 0.2) is 12.4 Å². The molecule has 1 aromatic rings. The Morgan fingerprint density at radius 1 is 1.54 bits per heavy atom. The van der Waals surface area contributed by atoms with Gasteiger partial charge in [-0.2, -0.15) is 0 Å². The van der Waals surface area contributed by atoms with Crippen LogP contribution in [0.25, 0.3) is 0 Å². The molecule has 4 heteroatoms. The van der Waals surface area contributed by atoms with Crippen molar-refractivity contribution in [3.05, 3.63) is 18.1 Å². The van der Waals surface area contributed by atoms with Crippen LogP contribution in [0.1, 0.15) is 5.69 Å². The number of anilines is 1. The van der Waals surface area contributed by atoms with Gasteiger partial charge in [0.15, 0.2) is 0 Å². The van der Waals surface area contributed by atoms with Crippen molar-refractivity contribution in [2.75, 3.05) is 24.6 Å². The molecular formula is C9H13N3O. The average Bonchev–Trinajstić information content (AvgIpc) is 2.02. The molecule has 0 atom stereocenters. The molecule has 0 bridgehead atoms. The second-order valence-electron chi connectivity index (χ2n) is 3.47. The standard InChI is InChI=1S/C9H13N3O/c1-7-2-9(11-6-10-7)12-3-8(4-12)5-13/h2,6,8,13H,3-5H2,1H3. The van der Waals surface area contributed by atoms with E-state index < -0.39 is 0 Å². The van der Waals surface area contributed by atoms with Gasteiger partial charge in [0.1, 0.15) is 12.1 Å². The van der Waals surface area contributed by atoms with Crippen molar-refractivity contribution < 1.29 is 5.11 Å². The highest BCUT2D eigenvalue weighted by molar-refractivity contribution is 5.41. The molecule has 1 N–H and O–H groups in total.